The molecule has 3 N–H and O–H groups in total. The van der Waals surface area contributed by atoms with Crippen LogP contribution in [0.25, 0.3) is 0 Å². The van der Waals surface area contributed by atoms with Crippen LogP contribution in [-0.2, 0) is 14.8 Å². The molecule has 0 bridgehead atoms. The Labute approximate surface area is 119 Å². The van der Waals surface area contributed by atoms with E-state index < -0.39 is 10.0 Å². The highest BCUT2D eigenvalue weighted by molar-refractivity contribution is 7.89. The van der Waals surface area contributed by atoms with Gasteiger partial charge in [0, 0.05) is 20.3 Å². The average Bonchev–Trinajstić information content (AvgIpc) is 2.33. The summed E-state index contributed by atoms with van der Waals surface area (Å²) in [6.45, 7) is 2.67. The lowest BCUT2D eigenvalue weighted by molar-refractivity contribution is 0.193. The molecule has 0 amide bonds. The highest BCUT2D eigenvalue weighted by Gasteiger charge is 2.17. The molecule has 0 aliphatic rings. The van der Waals surface area contributed by atoms with E-state index in [9.17, 15) is 8.42 Å². The molecule has 1 aromatic carbocycles. The van der Waals surface area contributed by atoms with Crippen molar-refractivity contribution in [1.82, 2.24) is 4.72 Å². The van der Waals surface area contributed by atoms with Crippen LogP contribution in [0.5, 0.6) is 0 Å². The molecule has 0 saturated carbocycles. The minimum absolute atomic E-state index is 0.168. The molecule has 0 aliphatic heterocycles. The molecule has 19 heavy (non-hydrogen) atoms. The monoisotopic (exact) mass is 306 g/mol. The molecule has 5 nitrogen and oxygen atoms in total. The molecule has 0 aromatic heterocycles. The van der Waals surface area contributed by atoms with E-state index in [4.69, 9.17) is 22.1 Å². The van der Waals surface area contributed by atoms with E-state index in [1.807, 2.05) is 0 Å². The van der Waals surface area contributed by atoms with Gasteiger partial charge in [-0.05, 0) is 37.5 Å². The Kier molecular flexibility index (Phi) is 6.06. The van der Waals surface area contributed by atoms with Gasteiger partial charge in [-0.15, -0.1) is 0 Å². The summed E-state index contributed by atoms with van der Waals surface area (Å²) in [4.78, 5) is 0.168. The largest absolute Gasteiger partial charge is 0.397 e. The number of unbranched alkanes of at least 4 members (excludes halogenated alkanes) is 1. The number of hydrogen-bond donors (Lipinski definition) is 2. The molecule has 0 heterocycles. The first-order valence-electron chi connectivity index (χ1n) is 5.92. The second-order valence-electron chi connectivity index (χ2n) is 4.24. The van der Waals surface area contributed by atoms with Crippen LogP contribution in [0.3, 0.4) is 0 Å². The minimum atomic E-state index is -3.55. The Balaban J connectivity index is 2.75. The quantitative estimate of drug-likeness (QED) is 0.596. The minimum Gasteiger partial charge on any atom is -0.397 e. The maximum atomic E-state index is 12.1. The molecule has 0 atom stereocenters. The molecule has 0 unspecified atom stereocenters. The smallest absolute Gasteiger partial charge is 0.240 e. The highest BCUT2D eigenvalue weighted by Crippen LogP contribution is 2.25. The number of hydrogen-bond acceptors (Lipinski definition) is 4. The second kappa shape index (κ2) is 7.09. The summed E-state index contributed by atoms with van der Waals surface area (Å²) >= 11 is 5.84. The van der Waals surface area contributed by atoms with E-state index in [1.54, 1.807) is 20.1 Å². The van der Waals surface area contributed by atoms with Gasteiger partial charge in [-0.3, -0.25) is 0 Å². The van der Waals surface area contributed by atoms with Crippen molar-refractivity contribution in [3.63, 3.8) is 0 Å². The number of rotatable bonds is 7. The molecule has 1 rings (SSSR count). The summed E-state index contributed by atoms with van der Waals surface area (Å²) < 4.78 is 31.7. The van der Waals surface area contributed by atoms with Gasteiger partial charge < -0.3 is 10.5 Å². The first-order chi connectivity index (χ1) is 8.88. The zero-order chi connectivity index (χ0) is 14.5. The lowest BCUT2D eigenvalue weighted by Gasteiger charge is -2.11. The Morgan fingerprint density at radius 1 is 1.37 bits per heavy atom. The SMILES string of the molecule is COCCCCNS(=O)(=O)c1cc(N)c(Cl)cc1C. The van der Waals surface area contributed by atoms with Crippen molar-refractivity contribution >= 4 is 27.3 Å². The zero-order valence-electron chi connectivity index (χ0n) is 11.1. The number of aryl methyl sites for hydroxylation is 1. The molecule has 108 valence electrons. The Morgan fingerprint density at radius 2 is 2.05 bits per heavy atom. The van der Waals surface area contributed by atoms with Gasteiger partial charge in [-0.1, -0.05) is 11.6 Å². The van der Waals surface area contributed by atoms with Gasteiger partial charge in [-0.2, -0.15) is 0 Å². The van der Waals surface area contributed by atoms with Crippen LogP contribution in [-0.4, -0.2) is 28.7 Å². The fourth-order valence-corrected chi connectivity index (χ4v) is 3.17. The van der Waals surface area contributed by atoms with Crippen LogP contribution in [0.15, 0.2) is 17.0 Å². The summed E-state index contributed by atoms with van der Waals surface area (Å²) in [6, 6.07) is 2.94. The lowest BCUT2D eigenvalue weighted by Crippen LogP contribution is -2.25. The van der Waals surface area contributed by atoms with E-state index in [0.29, 0.717) is 23.7 Å². The fourth-order valence-electron chi connectivity index (χ4n) is 1.61. The van der Waals surface area contributed by atoms with Crippen LogP contribution in [0, 0.1) is 6.92 Å². The van der Waals surface area contributed by atoms with Crippen LogP contribution in [0.1, 0.15) is 18.4 Å². The van der Waals surface area contributed by atoms with Crippen LogP contribution in [0.4, 0.5) is 5.69 Å². The number of benzene rings is 1. The molecule has 0 saturated heterocycles. The Bertz CT molecular complexity index is 532. The zero-order valence-corrected chi connectivity index (χ0v) is 12.6. The predicted molar refractivity (Wildman–Crippen MR) is 76.9 cm³/mol. The highest BCUT2D eigenvalue weighted by atomic mass is 35.5. The van der Waals surface area contributed by atoms with Gasteiger partial charge in [0.15, 0.2) is 0 Å². The molecular formula is C12H19ClN2O3S. The number of halogens is 1. The van der Waals surface area contributed by atoms with Crippen LogP contribution < -0.4 is 10.5 Å². The summed E-state index contributed by atoms with van der Waals surface area (Å²) in [5.41, 5.74) is 6.47. The maximum absolute atomic E-state index is 12.1. The van der Waals surface area contributed by atoms with Gasteiger partial charge >= 0.3 is 0 Å². The summed E-state index contributed by atoms with van der Waals surface area (Å²) in [6.07, 6.45) is 1.52. The normalized spacial score (nSPS) is 11.7. The molecule has 7 heteroatoms. The number of sulfonamides is 1. The van der Waals surface area contributed by atoms with Crippen LogP contribution >= 0.6 is 11.6 Å². The number of nitrogens with one attached hydrogen (secondary N) is 1. The fraction of sp³-hybridized carbons (Fsp3) is 0.500. The summed E-state index contributed by atoms with van der Waals surface area (Å²) in [5, 5.41) is 0.358. The van der Waals surface area contributed by atoms with E-state index in [2.05, 4.69) is 4.72 Å². The van der Waals surface area contributed by atoms with Gasteiger partial charge in [-0.25, -0.2) is 13.1 Å². The second-order valence-corrected chi connectivity index (χ2v) is 6.38. The van der Waals surface area contributed by atoms with Crippen molar-refractivity contribution in [3.05, 3.63) is 22.7 Å². The third kappa shape index (κ3) is 4.65. The first kappa shape index (κ1) is 16.2. The maximum Gasteiger partial charge on any atom is 0.240 e. The number of methoxy groups -OCH3 is 1. The average molecular weight is 307 g/mol. The van der Waals surface area contributed by atoms with E-state index in [0.717, 1.165) is 12.8 Å². The number of ether oxygens (including phenoxy) is 1. The van der Waals surface area contributed by atoms with E-state index in [-0.39, 0.29) is 10.6 Å². The third-order valence-electron chi connectivity index (χ3n) is 2.65. The van der Waals surface area contributed by atoms with Crippen molar-refractivity contribution in [2.75, 3.05) is 26.0 Å². The van der Waals surface area contributed by atoms with Gasteiger partial charge in [0.1, 0.15) is 0 Å². The lowest BCUT2D eigenvalue weighted by atomic mass is 10.2. The predicted octanol–water partition coefficient (Wildman–Crippen LogP) is 1.94. The van der Waals surface area contributed by atoms with Crippen molar-refractivity contribution in [2.24, 2.45) is 0 Å². The molecule has 0 spiro atoms. The topological polar surface area (TPSA) is 81.4 Å². The molecule has 0 fully saturated rings. The summed E-state index contributed by atoms with van der Waals surface area (Å²) in [5.74, 6) is 0. The third-order valence-corrected chi connectivity index (χ3v) is 4.58. The van der Waals surface area contributed by atoms with E-state index in [1.165, 1.54) is 6.07 Å². The Hall–Kier alpha value is -0.820. The summed E-state index contributed by atoms with van der Waals surface area (Å²) in [7, 11) is -1.93. The van der Waals surface area contributed by atoms with Crippen molar-refractivity contribution in [1.29, 1.82) is 0 Å². The molecular weight excluding hydrogens is 288 g/mol. The van der Waals surface area contributed by atoms with Gasteiger partial charge in [0.25, 0.3) is 0 Å². The Morgan fingerprint density at radius 3 is 2.68 bits per heavy atom. The standard InChI is InChI=1S/C12H19ClN2O3S/c1-9-7-10(13)11(14)8-12(9)19(16,17)15-5-3-4-6-18-2/h7-8,15H,3-6,14H2,1-2H3. The van der Waals surface area contributed by atoms with Crippen molar-refractivity contribution in [3.8, 4) is 0 Å². The number of nitrogens with two attached hydrogens (primary N) is 1. The molecule has 1 aromatic rings. The van der Waals surface area contributed by atoms with Gasteiger partial charge in [0.2, 0.25) is 10.0 Å². The molecule has 0 aliphatic carbocycles. The number of nitrogen functional groups attached to an aromatic ring is 1. The van der Waals surface area contributed by atoms with E-state index >= 15 is 0 Å². The number of anilines is 1. The van der Waals surface area contributed by atoms with Crippen molar-refractivity contribution < 1.29 is 13.2 Å². The van der Waals surface area contributed by atoms with Crippen molar-refractivity contribution in [2.45, 2.75) is 24.7 Å². The first-order valence-corrected chi connectivity index (χ1v) is 7.79. The molecule has 0 radical (unpaired) electrons. The van der Waals surface area contributed by atoms with Gasteiger partial charge in [0.05, 0.1) is 15.6 Å². The van der Waals surface area contributed by atoms with Crippen LogP contribution in [0.2, 0.25) is 5.02 Å².